The van der Waals surface area contributed by atoms with Gasteiger partial charge in [0, 0.05) is 11.6 Å². The van der Waals surface area contributed by atoms with E-state index in [1.54, 1.807) is 0 Å². The Labute approximate surface area is 227 Å². The molecule has 6 rings (SSSR count). The maximum atomic E-state index is 11.9. The number of nitrogens with zero attached hydrogens (tertiary/aromatic N) is 2. The molecule has 0 radical (unpaired) electrons. The van der Waals surface area contributed by atoms with Crippen molar-refractivity contribution in [3.8, 4) is 17.3 Å². The van der Waals surface area contributed by atoms with E-state index in [-0.39, 0.29) is 43.2 Å². The summed E-state index contributed by atoms with van der Waals surface area (Å²) in [6.45, 7) is 6.49. The molecule has 3 N–H and O–H groups in total. The number of aliphatic hydroxyl groups is 1. The number of fused-ring (bicyclic) bond motifs is 2. The SMILES string of the molecule is Cc1cc2[nH]c(O[C@@H]3CO[C@H]4[C@@H]3OC[C@H]4O)nc2nc1-c1ccc(C2CCC(OC(=O)NC(C)C)CC2)cc1. The maximum Gasteiger partial charge on any atom is 0.407 e. The Balaban J connectivity index is 1.10. The second-order valence-electron chi connectivity index (χ2n) is 11.2. The van der Waals surface area contributed by atoms with Crippen LogP contribution in [0.1, 0.15) is 56.6 Å². The Morgan fingerprint density at radius 3 is 2.56 bits per heavy atom. The lowest BCUT2D eigenvalue weighted by molar-refractivity contribution is 0.00706. The molecule has 3 aromatic rings. The Morgan fingerprint density at radius 2 is 1.82 bits per heavy atom. The molecular formula is C29H36N4O6. The number of nitrogens with one attached hydrogen (secondary N) is 2. The van der Waals surface area contributed by atoms with E-state index in [0.717, 1.165) is 48.0 Å². The van der Waals surface area contributed by atoms with Gasteiger partial charge in [-0.2, -0.15) is 4.98 Å². The lowest BCUT2D eigenvalue weighted by Gasteiger charge is -2.29. The van der Waals surface area contributed by atoms with Gasteiger partial charge in [-0.05, 0) is 69.6 Å². The Hall–Kier alpha value is -3.21. The summed E-state index contributed by atoms with van der Waals surface area (Å²) >= 11 is 0. The lowest BCUT2D eigenvalue weighted by Crippen LogP contribution is -2.34. The molecule has 10 heteroatoms. The van der Waals surface area contributed by atoms with Crippen LogP contribution >= 0.6 is 0 Å². The van der Waals surface area contributed by atoms with E-state index in [4.69, 9.17) is 23.9 Å². The number of aromatic amines is 1. The van der Waals surface area contributed by atoms with Crippen molar-refractivity contribution in [2.75, 3.05) is 13.2 Å². The number of aryl methyl sites for hydroxylation is 1. The molecule has 2 aromatic heterocycles. The first-order valence-electron chi connectivity index (χ1n) is 13.9. The topological polar surface area (TPSA) is 128 Å². The normalized spacial score (nSPS) is 28.5. The zero-order valence-electron chi connectivity index (χ0n) is 22.6. The minimum absolute atomic E-state index is 0.0134. The number of carbonyl (C=O) groups excluding carboxylic acids is 1. The molecule has 3 fully saturated rings. The molecule has 1 aromatic carbocycles. The van der Waals surface area contributed by atoms with Crippen LogP contribution in [0.2, 0.25) is 0 Å². The van der Waals surface area contributed by atoms with Crippen LogP contribution in [0.25, 0.3) is 22.4 Å². The lowest BCUT2D eigenvalue weighted by atomic mass is 9.82. The number of H-pyrrole nitrogens is 1. The Bertz CT molecular complexity index is 1320. The second kappa shape index (κ2) is 10.7. The Morgan fingerprint density at radius 1 is 1.08 bits per heavy atom. The van der Waals surface area contributed by atoms with Crippen molar-refractivity contribution in [3.05, 3.63) is 41.5 Å². The number of ether oxygens (including phenoxy) is 4. The third-order valence-electron chi connectivity index (χ3n) is 7.90. The summed E-state index contributed by atoms with van der Waals surface area (Å²) in [4.78, 5) is 24.5. The van der Waals surface area contributed by atoms with Crippen molar-refractivity contribution in [1.29, 1.82) is 0 Å². The molecule has 1 amide bonds. The first-order valence-corrected chi connectivity index (χ1v) is 13.9. The standard InChI is InChI=1S/C29H36N4O6/c1-15(2)30-29(35)38-20-10-8-18(9-11-20)17-4-6-19(7-5-17)24-16(3)12-21-27(32-24)33-28(31-21)39-23-14-37-25-22(34)13-36-26(23)25/h4-7,12,15,18,20,22-23,25-26,34H,8-11,13-14H2,1-3H3,(H,30,35)(H,31,32,33)/t18?,20?,22-,23-,25-,26-/m1/s1. The summed E-state index contributed by atoms with van der Waals surface area (Å²) in [5, 5.41) is 12.8. The molecule has 0 bridgehead atoms. The third kappa shape index (κ3) is 5.46. The molecule has 3 aliphatic rings. The monoisotopic (exact) mass is 536 g/mol. The van der Waals surface area contributed by atoms with E-state index >= 15 is 0 Å². The number of aromatic nitrogens is 3. The summed E-state index contributed by atoms with van der Waals surface area (Å²) in [7, 11) is 0. The zero-order chi connectivity index (χ0) is 27.1. The van der Waals surface area contributed by atoms with Crippen molar-refractivity contribution in [2.24, 2.45) is 0 Å². The van der Waals surface area contributed by atoms with Crippen molar-refractivity contribution in [3.63, 3.8) is 0 Å². The number of carbonyl (C=O) groups is 1. The highest BCUT2D eigenvalue weighted by molar-refractivity contribution is 5.78. The van der Waals surface area contributed by atoms with Gasteiger partial charge < -0.3 is 34.4 Å². The number of benzene rings is 1. The predicted molar refractivity (Wildman–Crippen MR) is 144 cm³/mol. The van der Waals surface area contributed by atoms with Gasteiger partial charge in [-0.15, -0.1) is 0 Å². The van der Waals surface area contributed by atoms with Crippen LogP contribution in [0.4, 0.5) is 4.79 Å². The minimum Gasteiger partial charge on any atom is -0.456 e. The molecule has 208 valence electrons. The zero-order valence-corrected chi connectivity index (χ0v) is 22.6. The third-order valence-corrected chi connectivity index (χ3v) is 7.90. The van der Waals surface area contributed by atoms with E-state index < -0.39 is 6.10 Å². The van der Waals surface area contributed by atoms with E-state index in [9.17, 15) is 9.90 Å². The molecule has 2 aliphatic heterocycles. The fourth-order valence-electron chi connectivity index (χ4n) is 5.90. The van der Waals surface area contributed by atoms with Crippen molar-refractivity contribution >= 4 is 17.3 Å². The van der Waals surface area contributed by atoms with E-state index in [0.29, 0.717) is 24.2 Å². The molecule has 1 aliphatic carbocycles. The van der Waals surface area contributed by atoms with Crippen LogP contribution in [0.5, 0.6) is 6.01 Å². The second-order valence-corrected chi connectivity index (χ2v) is 11.2. The molecule has 0 unspecified atom stereocenters. The molecule has 1 saturated carbocycles. The molecule has 39 heavy (non-hydrogen) atoms. The van der Waals surface area contributed by atoms with Gasteiger partial charge in [0.05, 0.1) is 24.4 Å². The molecule has 10 nitrogen and oxygen atoms in total. The number of rotatable bonds is 6. The first-order chi connectivity index (χ1) is 18.8. The fourth-order valence-corrected chi connectivity index (χ4v) is 5.90. The average Bonchev–Trinajstić information content (AvgIpc) is 3.60. The minimum atomic E-state index is -0.621. The number of amides is 1. The van der Waals surface area contributed by atoms with Gasteiger partial charge in [0.25, 0.3) is 6.01 Å². The van der Waals surface area contributed by atoms with Gasteiger partial charge in [0.1, 0.15) is 24.4 Å². The fraction of sp³-hybridized carbons (Fsp3) is 0.552. The molecule has 4 atom stereocenters. The smallest absolute Gasteiger partial charge is 0.407 e. The van der Waals surface area contributed by atoms with E-state index in [1.807, 2.05) is 26.8 Å². The Kier molecular flexibility index (Phi) is 7.18. The molecule has 4 heterocycles. The van der Waals surface area contributed by atoms with E-state index in [1.165, 1.54) is 5.56 Å². The van der Waals surface area contributed by atoms with Crippen LogP contribution in [0, 0.1) is 6.92 Å². The number of aliphatic hydroxyl groups excluding tert-OH is 1. The largest absolute Gasteiger partial charge is 0.456 e. The summed E-state index contributed by atoms with van der Waals surface area (Å²) < 4.78 is 22.9. The number of pyridine rings is 1. The number of alkyl carbamates (subject to hydrolysis) is 1. The molecule has 0 spiro atoms. The predicted octanol–water partition coefficient (Wildman–Crippen LogP) is 4.00. The van der Waals surface area contributed by atoms with Crippen LogP contribution < -0.4 is 10.1 Å². The van der Waals surface area contributed by atoms with Gasteiger partial charge in [-0.1, -0.05) is 24.3 Å². The van der Waals surface area contributed by atoms with Crippen LogP contribution in [0.3, 0.4) is 0 Å². The van der Waals surface area contributed by atoms with Gasteiger partial charge in [-0.3, -0.25) is 0 Å². The van der Waals surface area contributed by atoms with Crippen LogP contribution in [0.15, 0.2) is 30.3 Å². The van der Waals surface area contributed by atoms with E-state index in [2.05, 4.69) is 39.6 Å². The van der Waals surface area contributed by atoms with Gasteiger partial charge in [-0.25, -0.2) is 9.78 Å². The highest BCUT2D eigenvalue weighted by Gasteiger charge is 2.48. The van der Waals surface area contributed by atoms with Crippen molar-refractivity contribution in [1.82, 2.24) is 20.3 Å². The summed E-state index contributed by atoms with van der Waals surface area (Å²) in [5.74, 6) is 0.457. The number of hydrogen-bond acceptors (Lipinski definition) is 8. The summed E-state index contributed by atoms with van der Waals surface area (Å²) in [6, 6.07) is 11.1. The quantitative estimate of drug-likeness (QED) is 0.431. The summed E-state index contributed by atoms with van der Waals surface area (Å²) in [6.07, 6.45) is 1.80. The number of imidazole rings is 1. The van der Waals surface area contributed by atoms with Crippen molar-refractivity contribution < 1.29 is 28.8 Å². The van der Waals surface area contributed by atoms with Crippen LogP contribution in [-0.2, 0) is 14.2 Å². The molecule has 2 saturated heterocycles. The summed E-state index contributed by atoms with van der Waals surface area (Å²) in [5.41, 5.74) is 5.63. The van der Waals surface area contributed by atoms with Gasteiger partial charge >= 0.3 is 6.09 Å². The van der Waals surface area contributed by atoms with Gasteiger partial charge in [0.2, 0.25) is 0 Å². The van der Waals surface area contributed by atoms with Crippen molar-refractivity contribution in [2.45, 2.75) is 88.9 Å². The highest BCUT2D eigenvalue weighted by Crippen LogP contribution is 2.36. The average molecular weight is 537 g/mol. The first kappa shape index (κ1) is 26.0. The number of hydrogen-bond donors (Lipinski definition) is 3. The maximum absolute atomic E-state index is 11.9. The highest BCUT2D eigenvalue weighted by atomic mass is 16.6. The van der Waals surface area contributed by atoms with Gasteiger partial charge in [0.15, 0.2) is 11.8 Å². The van der Waals surface area contributed by atoms with Crippen LogP contribution in [-0.4, -0.2) is 75.9 Å². The molecular weight excluding hydrogens is 500 g/mol.